The number of carbonyl (C=O) groups excluding carboxylic acids is 2. The van der Waals surface area contributed by atoms with E-state index >= 15 is 0 Å². The lowest BCUT2D eigenvalue weighted by Gasteiger charge is -2.35. The van der Waals surface area contributed by atoms with E-state index < -0.39 is 11.5 Å². The minimum atomic E-state index is -1.68. The Morgan fingerprint density at radius 3 is 2.75 bits per heavy atom. The molecule has 4 nitrogen and oxygen atoms in total. The van der Waals surface area contributed by atoms with Crippen molar-refractivity contribution in [3.63, 3.8) is 0 Å². The second kappa shape index (κ2) is 4.42. The van der Waals surface area contributed by atoms with Gasteiger partial charge in [-0.2, -0.15) is 0 Å². The lowest BCUT2D eigenvalue weighted by Crippen LogP contribution is -2.49. The first-order valence-corrected chi connectivity index (χ1v) is 7.09. The highest BCUT2D eigenvalue weighted by Gasteiger charge is 2.56. The molecule has 0 spiro atoms. The molecule has 3 rings (SSSR count). The van der Waals surface area contributed by atoms with Crippen LogP contribution in [0, 0.1) is 11.8 Å². The molecule has 1 aromatic carbocycles. The van der Waals surface area contributed by atoms with Crippen LogP contribution in [0.2, 0.25) is 0 Å². The summed E-state index contributed by atoms with van der Waals surface area (Å²) in [4.78, 5) is 26.3. The lowest BCUT2D eigenvalue weighted by molar-refractivity contribution is -0.153. The maximum Gasteiger partial charge on any atom is 0.264 e. The number of fused-ring (bicyclic) bond motifs is 1. The molecule has 1 saturated carbocycles. The number of aliphatic hydroxyl groups is 1. The van der Waals surface area contributed by atoms with Crippen LogP contribution in [0.4, 0.5) is 5.69 Å². The highest BCUT2D eigenvalue weighted by atomic mass is 16.3. The Hall–Kier alpha value is -1.68. The summed E-state index contributed by atoms with van der Waals surface area (Å²) in [6, 6.07) is 7.19. The predicted octanol–water partition coefficient (Wildman–Crippen LogP) is 1.86. The Bertz CT molecular complexity index is 583. The van der Waals surface area contributed by atoms with E-state index in [4.69, 9.17) is 0 Å². The number of nitrogens with zero attached hydrogens (tertiary/aromatic N) is 1. The van der Waals surface area contributed by atoms with E-state index in [0.717, 1.165) is 6.42 Å². The van der Waals surface area contributed by atoms with E-state index in [1.807, 2.05) is 12.1 Å². The van der Waals surface area contributed by atoms with Crippen LogP contribution < -0.4 is 4.90 Å². The number of hydrogen-bond acceptors (Lipinski definition) is 3. The minimum Gasteiger partial charge on any atom is -0.375 e. The topological polar surface area (TPSA) is 57.6 Å². The van der Waals surface area contributed by atoms with Crippen molar-refractivity contribution in [1.29, 1.82) is 0 Å². The van der Waals surface area contributed by atoms with Gasteiger partial charge in [-0.3, -0.25) is 9.59 Å². The van der Waals surface area contributed by atoms with Gasteiger partial charge in [-0.15, -0.1) is 0 Å². The highest BCUT2D eigenvalue weighted by molar-refractivity contribution is 6.09. The second-order valence-electron chi connectivity index (χ2n) is 6.05. The van der Waals surface area contributed by atoms with E-state index in [1.165, 1.54) is 4.90 Å². The molecule has 0 saturated heterocycles. The number of ketones is 1. The Balaban J connectivity index is 2.11. The standard InChI is InChI=1S/C16H19NO3/c1-10-7-8-14(18)12(9-10)16(20)11-5-3-4-6-13(11)17(2)15(16)19/h3-6,10,12,20H,7-9H2,1-2H3/t10-,12-,16+/m1/s1. The largest absolute Gasteiger partial charge is 0.375 e. The van der Waals surface area contributed by atoms with Crippen molar-refractivity contribution in [3.8, 4) is 0 Å². The first kappa shape index (κ1) is 13.3. The third-order valence-corrected chi connectivity index (χ3v) is 4.72. The average molecular weight is 273 g/mol. The number of likely N-dealkylation sites (N-methyl/N-ethyl adjacent to an activating group) is 1. The molecule has 106 valence electrons. The second-order valence-corrected chi connectivity index (χ2v) is 6.05. The normalized spacial score (nSPS) is 33.5. The number of para-hydroxylation sites is 1. The van der Waals surface area contributed by atoms with Crippen LogP contribution in [0.15, 0.2) is 24.3 Å². The van der Waals surface area contributed by atoms with Crippen LogP contribution >= 0.6 is 0 Å². The van der Waals surface area contributed by atoms with Gasteiger partial charge < -0.3 is 10.0 Å². The van der Waals surface area contributed by atoms with E-state index in [-0.39, 0.29) is 11.7 Å². The molecule has 0 unspecified atom stereocenters. The van der Waals surface area contributed by atoms with Gasteiger partial charge in [0.05, 0.1) is 11.6 Å². The van der Waals surface area contributed by atoms with Crippen LogP contribution in [0.1, 0.15) is 31.7 Å². The number of benzene rings is 1. The predicted molar refractivity (Wildman–Crippen MR) is 75.3 cm³/mol. The molecule has 3 atom stereocenters. The smallest absolute Gasteiger partial charge is 0.264 e. The maximum atomic E-state index is 12.6. The van der Waals surface area contributed by atoms with Crippen LogP contribution in [0.25, 0.3) is 0 Å². The molecule has 4 heteroatoms. The molecule has 0 bridgehead atoms. The molecular weight excluding hydrogens is 254 g/mol. The fourth-order valence-corrected chi connectivity index (χ4v) is 3.52. The molecule has 0 aromatic heterocycles. The Morgan fingerprint density at radius 1 is 1.30 bits per heavy atom. The van der Waals surface area contributed by atoms with Crippen LogP contribution in [-0.4, -0.2) is 23.8 Å². The summed E-state index contributed by atoms with van der Waals surface area (Å²) < 4.78 is 0. The Labute approximate surface area is 118 Å². The molecular formula is C16H19NO3. The third-order valence-electron chi connectivity index (χ3n) is 4.72. The van der Waals surface area contributed by atoms with Gasteiger partial charge in [0.25, 0.3) is 5.91 Å². The van der Waals surface area contributed by atoms with Gasteiger partial charge in [-0.05, 0) is 24.8 Å². The van der Waals surface area contributed by atoms with Crippen molar-refractivity contribution in [2.75, 3.05) is 11.9 Å². The molecule has 1 amide bonds. The molecule has 1 N–H and O–H groups in total. The third kappa shape index (κ3) is 1.64. The maximum absolute atomic E-state index is 12.6. The first-order chi connectivity index (χ1) is 9.46. The quantitative estimate of drug-likeness (QED) is 0.849. The zero-order valence-corrected chi connectivity index (χ0v) is 11.8. The zero-order chi connectivity index (χ0) is 14.5. The van der Waals surface area contributed by atoms with Crippen molar-refractivity contribution < 1.29 is 14.7 Å². The number of rotatable bonds is 1. The number of hydrogen-bond donors (Lipinski definition) is 1. The fraction of sp³-hybridized carbons (Fsp3) is 0.500. The lowest BCUT2D eigenvalue weighted by atomic mass is 9.70. The minimum absolute atomic E-state index is 0.00375. The Kier molecular flexibility index (Phi) is 2.94. The van der Waals surface area contributed by atoms with Gasteiger partial charge in [0.15, 0.2) is 5.60 Å². The molecule has 20 heavy (non-hydrogen) atoms. The molecule has 0 radical (unpaired) electrons. The SMILES string of the molecule is C[C@@H]1CCC(=O)[C@H]([C@]2(O)C(=O)N(C)c3ccccc32)C1. The summed E-state index contributed by atoms with van der Waals surface area (Å²) in [6.45, 7) is 2.07. The van der Waals surface area contributed by atoms with Crippen LogP contribution in [0.3, 0.4) is 0 Å². The van der Waals surface area contributed by atoms with Crippen LogP contribution in [0.5, 0.6) is 0 Å². The number of amides is 1. The number of Topliss-reactive ketones (excluding diaryl/α,β-unsaturated/α-hetero) is 1. The molecule has 1 aliphatic carbocycles. The van der Waals surface area contributed by atoms with E-state index in [2.05, 4.69) is 6.92 Å². The molecule has 1 aliphatic heterocycles. The number of anilines is 1. The number of carbonyl (C=O) groups is 2. The van der Waals surface area contributed by atoms with Crippen molar-refractivity contribution in [2.45, 2.75) is 31.8 Å². The highest BCUT2D eigenvalue weighted by Crippen LogP contribution is 2.47. The molecule has 2 aliphatic rings. The van der Waals surface area contributed by atoms with Gasteiger partial charge in [-0.1, -0.05) is 25.1 Å². The molecule has 1 aromatic rings. The summed E-state index contributed by atoms with van der Waals surface area (Å²) in [6.07, 6.45) is 1.87. The summed E-state index contributed by atoms with van der Waals surface area (Å²) in [5, 5.41) is 11.1. The Morgan fingerprint density at radius 2 is 2.00 bits per heavy atom. The van der Waals surface area contributed by atoms with E-state index in [1.54, 1.807) is 19.2 Å². The van der Waals surface area contributed by atoms with E-state index in [0.29, 0.717) is 30.0 Å². The molecule has 1 fully saturated rings. The van der Waals surface area contributed by atoms with Crippen molar-refractivity contribution in [2.24, 2.45) is 11.8 Å². The summed E-state index contributed by atoms with van der Waals surface area (Å²) in [5.41, 5.74) is -0.414. The average Bonchev–Trinajstić information content (AvgIpc) is 2.65. The summed E-state index contributed by atoms with van der Waals surface area (Å²) in [5.74, 6) is -0.646. The van der Waals surface area contributed by atoms with Crippen LogP contribution in [-0.2, 0) is 15.2 Å². The van der Waals surface area contributed by atoms with Gasteiger partial charge in [0.1, 0.15) is 5.78 Å². The van der Waals surface area contributed by atoms with Gasteiger partial charge >= 0.3 is 0 Å². The first-order valence-electron chi connectivity index (χ1n) is 7.09. The molecule has 1 heterocycles. The zero-order valence-electron chi connectivity index (χ0n) is 11.8. The summed E-state index contributed by atoms with van der Waals surface area (Å²) >= 11 is 0. The van der Waals surface area contributed by atoms with Gasteiger partial charge in [0, 0.05) is 19.0 Å². The van der Waals surface area contributed by atoms with Crippen molar-refractivity contribution in [1.82, 2.24) is 0 Å². The van der Waals surface area contributed by atoms with Gasteiger partial charge in [0.2, 0.25) is 0 Å². The van der Waals surface area contributed by atoms with Crippen molar-refractivity contribution in [3.05, 3.63) is 29.8 Å². The fourth-order valence-electron chi connectivity index (χ4n) is 3.52. The van der Waals surface area contributed by atoms with Gasteiger partial charge in [-0.25, -0.2) is 0 Å². The summed E-state index contributed by atoms with van der Waals surface area (Å²) in [7, 11) is 1.65. The van der Waals surface area contributed by atoms with Crippen molar-refractivity contribution >= 4 is 17.4 Å². The van der Waals surface area contributed by atoms with E-state index in [9.17, 15) is 14.7 Å². The monoisotopic (exact) mass is 273 g/mol.